The van der Waals surface area contributed by atoms with Crippen molar-refractivity contribution >= 4 is 17.5 Å². The van der Waals surface area contributed by atoms with E-state index >= 15 is 0 Å². The molecule has 0 aliphatic carbocycles. The van der Waals surface area contributed by atoms with E-state index in [1.54, 1.807) is 0 Å². The van der Waals surface area contributed by atoms with Crippen molar-refractivity contribution in [2.75, 3.05) is 6.54 Å². The SMILES string of the molecule is C[C@H]1CCCCN1C(=O)Cc1ccc(Cl)cc1. The van der Waals surface area contributed by atoms with Crippen molar-refractivity contribution in [3.8, 4) is 0 Å². The van der Waals surface area contributed by atoms with Gasteiger partial charge in [0, 0.05) is 17.6 Å². The zero-order valence-electron chi connectivity index (χ0n) is 10.2. The van der Waals surface area contributed by atoms with Crippen molar-refractivity contribution in [2.45, 2.75) is 38.6 Å². The van der Waals surface area contributed by atoms with E-state index in [9.17, 15) is 4.79 Å². The van der Waals surface area contributed by atoms with E-state index in [2.05, 4.69) is 6.92 Å². The van der Waals surface area contributed by atoms with Crippen molar-refractivity contribution in [1.29, 1.82) is 0 Å². The van der Waals surface area contributed by atoms with Gasteiger partial charge in [-0.05, 0) is 43.9 Å². The van der Waals surface area contributed by atoms with Crippen LogP contribution in [0.15, 0.2) is 24.3 Å². The van der Waals surface area contributed by atoms with Crippen LogP contribution in [0.5, 0.6) is 0 Å². The minimum atomic E-state index is 0.236. The number of carbonyl (C=O) groups excluding carboxylic acids is 1. The Morgan fingerprint density at radius 1 is 1.35 bits per heavy atom. The Labute approximate surface area is 108 Å². The number of rotatable bonds is 2. The van der Waals surface area contributed by atoms with Crippen LogP contribution >= 0.6 is 11.6 Å². The lowest BCUT2D eigenvalue weighted by Crippen LogP contribution is -2.42. The molecule has 1 saturated heterocycles. The number of amides is 1. The van der Waals surface area contributed by atoms with Gasteiger partial charge in [0.15, 0.2) is 0 Å². The molecule has 0 saturated carbocycles. The van der Waals surface area contributed by atoms with Crippen LogP contribution in [-0.2, 0) is 11.2 Å². The first-order valence-corrected chi connectivity index (χ1v) is 6.58. The van der Waals surface area contributed by atoms with Crippen LogP contribution in [0.3, 0.4) is 0 Å². The summed E-state index contributed by atoms with van der Waals surface area (Å²) in [5.41, 5.74) is 1.04. The highest BCUT2D eigenvalue weighted by molar-refractivity contribution is 6.30. The Morgan fingerprint density at radius 3 is 2.71 bits per heavy atom. The molecule has 1 atom stereocenters. The first-order chi connectivity index (χ1) is 8.16. The standard InChI is InChI=1S/C14H18ClNO/c1-11-4-2-3-9-16(11)14(17)10-12-5-7-13(15)8-6-12/h5-8,11H,2-4,9-10H2,1H3/t11-/m0/s1. The van der Waals surface area contributed by atoms with E-state index in [0.29, 0.717) is 17.5 Å². The zero-order chi connectivity index (χ0) is 12.3. The van der Waals surface area contributed by atoms with Gasteiger partial charge >= 0.3 is 0 Å². The van der Waals surface area contributed by atoms with E-state index in [1.165, 1.54) is 6.42 Å². The number of halogens is 1. The summed E-state index contributed by atoms with van der Waals surface area (Å²) in [5.74, 6) is 0.236. The van der Waals surface area contributed by atoms with Gasteiger partial charge in [-0.1, -0.05) is 23.7 Å². The zero-order valence-corrected chi connectivity index (χ0v) is 10.9. The molecule has 3 heteroatoms. The first kappa shape index (κ1) is 12.4. The van der Waals surface area contributed by atoms with E-state index in [1.807, 2.05) is 29.2 Å². The molecule has 1 aliphatic rings. The van der Waals surface area contributed by atoms with E-state index in [0.717, 1.165) is 24.9 Å². The summed E-state index contributed by atoms with van der Waals surface area (Å²) in [6, 6.07) is 7.92. The lowest BCUT2D eigenvalue weighted by Gasteiger charge is -2.33. The smallest absolute Gasteiger partial charge is 0.227 e. The van der Waals surface area contributed by atoms with Crippen LogP contribution in [0.25, 0.3) is 0 Å². The summed E-state index contributed by atoms with van der Waals surface area (Å²) >= 11 is 5.82. The maximum atomic E-state index is 12.2. The molecular formula is C14H18ClNO. The molecule has 17 heavy (non-hydrogen) atoms. The predicted molar refractivity (Wildman–Crippen MR) is 70.2 cm³/mol. The van der Waals surface area contributed by atoms with Gasteiger partial charge < -0.3 is 4.90 Å². The van der Waals surface area contributed by atoms with E-state index in [-0.39, 0.29) is 5.91 Å². The molecule has 0 radical (unpaired) electrons. The van der Waals surface area contributed by atoms with Crippen LogP contribution in [0.1, 0.15) is 31.7 Å². The van der Waals surface area contributed by atoms with Gasteiger partial charge in [-0.2, -0.15) is 0 Å². The molecule has 0 aromatic heterocycles. The van der Waals surface area contributed by atoms with Gasteiger partial charge in [0.1, 0.15) is 0 Å². The van der Waals surface area contributed by atoms with Crippen molar-refractivity contribution < 1.29 is 4.79 Å². The molecule has 1 aromatic carbocycles. The molecule has 2 nitrogen and oxygen atoms in total. The van der Waals surface area contributed by atoms with Crippen LogP contribution in [0.2, 0.25) is 5.02 Å². The molecule has 0 bridgehead atoms. The lowest BCUT2D eigenvalue weighted by molar-refractivity contribution is -0.133. The van der Waals surface area contributed by atoms with Gasteiger partial charge in [0.25, 0.3) is 0 Å². The number of likely N-dealkylation sites (tertiary alicyclic amines) is 1. The number of carbonyl (C=O) groups is 1. The largest absolute Gasteiger partial charge is 0.340 e. The number of hydrogen-bond acceptors (Lipinski definition) is 1. The predicted octanol–water partition coefficient (Wildman–Crippen LogP) is 3.28. The maximum Gasteiger partial charge on any atom is 0.227 e. The second kappa shape index (κ2) is 5.54. The van der Waals surface area contributed by atoms with Crippen LogP contribution in [0, 0.1) is 0 Å². The minimum absolute atomic E-state index is 0.236. The second-order valence-corrected chi connectivity index (χ2v) is 5.17. The average molecular weight is 252 g/mol. The van der Waals surface area contributed by atoms with Gasteiger partial charge in [0.2, 0.25) is 5.91 Å². The molecule has 0 unspecified atom stereocenters. The Morgan fingerprint density at radius 2 is 2.06 bits per heavy atom. The summed E-state index contributed by atoms with van der Waals surface area (Å²) in [4.78, 5) is 14.2. The van der Waals surface area contributed by atoms with Crippen LogP contribution in [0.4, 0.5) is 0 Å². The number of hydrogen-bond donors (Lipinski definition) is 0. The number of piperidine rings is 1. The summed E-state index contributed by atoms with van der Waals surface area (Å²) in [7, 11) is 0. The third kappa shape index (κ3) is 3.22. The van der Waals surface area contributed by atoms with Crippen molar-refractivity contribution in [1.82, 2.24) is 4.90 Å². The molecule has 1 amide bonds. The van der Waals surface area contributed by atoms with Crippen molar-refractivity contribution in [2.24, 2.45) is 0 Å². The fourth-order valence-electron chi connectivity index (χ4n) is 2.35. The number of nitrogens with zero attached hydrogens (tertiary/aromatic N) is 1. The Bertz CT molecular complexity index is 388. The minimum Gasteiger partial charge on any atom is -0.340 e. The molecule has 92 valence electrons. The molecule has 1 aliphatic heterocycles. The molecule has 2 rings (SSSR count). The number of benzene rings is 1. The Kier molecular flexibility index (Phi) is 4.06. The van der Waals surface area contributed by atoms with Crippen molar-refractivity contribution in [3.05, 3.63) is 34.9 Å². The second-order valence-electron chi connectivity index (χ2n) is 4.74. The molecule has 1 aromatic rings. The summed E-state index contributed by atoms with van der Waals surface area (Å²) in [6.07, 6.45) is 4.00. The monoisotopic (exact) mass is 251 g/mol. The molecule has 1 fully saturated rings. The fourth-order valence-corrected chi connectivity index (χ4v) is 2.47. The quantitative estimate of drug-likeness (QED) is 0.790. The highest BCUT2D eigenvalue weighted by Gasteiger charge is 2.22. The highest BCUT2D eigenvalue weighted by atomic mass is 35.5. The van der Waals surface area contributed by atoms with Gasteiger partial charge in [0.05, 0.1) is 6.42 Å². The third-order valence-corrected chi connectivity index (χ3v) is 3.64. The molecular weight excluding hydrogens is 234 g/mol. The molecule has 0 spiro atoms. The summed E-state index contributed by atoms with van der Waals surface area (Å²) < 4.78 is 0. The van der Waals surface area contributed by atoms with Gasteiger partial charge in [-0.15, -0.1) is 0 Å². The average Bonchev–Trinajstić information content (AvgIpc) is 2.32. The van der Waals surface area contributed by atoms with Crippen molar-refractivity contribution in [3.63, 3.8) is 0 Å². The summed E-state index contributed by atoms with van der Waals surface area (Å²) in [5, 5.41) is 0.715. The van der Waals surface area contributed by atoms with Crippen LogP contribution in [-0.4, -0.2) is 23.4 Å². The normalized spacial score (nSPS) is 20.4. The fraction of sp³-hybridized carbons (Fsp3) is 0.500. The van der Waals surface area contributed by atoms with Gasteiger partial charge in [-0.3, -0.25) is 4.79 Å². The maximum absolute atomic E-state index is 12.2. The third-order valence-electron chi connectivity index (χ3n) is 3.39. The molecule has 0 N–H and O–H groups in total. The van der Waals surface area contributed by atoms with E-state index < -0.39 is 0 Å². The topological polar surface area (TPSA) is 20.3 Å². The van der Waals surface area contributed by atoms with Gasteiger partial charge in [-0.25, -0.2) is 0 Å². The Balaban J connectivity index is 1.98. The summed E-state index contributed by atoms with van der Waals surface area (Å²) in [6.45, 7) is 3.05. The molecule has 1 heterocycles. The van der Waals surface area contributed by atoms with E-state index in [4.69, 9.17) is 11.6 Å². The Hall–Kier alpha value is -1.02. The highest BCUT2D eigenvalue weighted by Crippen LogP contribution is 2.18. The van der Waals surface area contributed by atoms with Crippen LogP contribution < -0.4 is 0 Å². The first-order valence-electron chi connectivity index (χ1n) is 6.21. The lowest BCUT2D eigenvalue weighted by atomic mass is 10.0.